The fourth-order valence-corrected chi connectivity index (χ4v) is 1.48. The van der Waals surface area contributed by atoms with Crippen molar-refractivity contribution >= 4 is 11.6 Å². The number of nitrogens with two attached hydrogens (primary N) is 1. The summed E-state index contributed by atoms with van der Waals surface area (Å²) in [5.41, 5.74) is 3.66. The van der Waals surface area contributed by atoms with E-state index >= 15 is 0 Å². The molecule has 0 fully saturated rings. The highest BCUT2D eigenvalue weighted by atomic mass is 16.5. The average molecular weight is 237 g/mol. The summed E-state index contributed by atoms with van der Waals surface area (Å²) in [5.74, 6) is 5.21. The maximum Gasteiger partial charge on any atom is 0.253 e. The molecule has 5 nitrogen and oxygen atoms in total. The van der Waals surface area contributed by atoms with Crippen LogP contribution in [0.1, 0.15) is 23.7 Å². The van der Waals surface area contributed by atoms with E-state index in [0.29, 0.717) is 17.9 Å². The Balaban J connectivity index is 2.63. The van der Waals surface area contributed by atoms with Crippen molar-refractivity contribution in [3.8, 4) is 0 Å². The van der Waals surface area contributed by atoms with Gasteiger partial charge < -0.3 is 15.5 Å². The van der Waals surface area contributed by atoms with Crippen LogP contribution in [-0.2, 0) is 4.74 Å². The molecule has 1 rings (SSSR count). The van der Waals surface area contributed by atoms with Crippen LogP contribution in [0, 0.1) is 0 Å². The van der Waals surface area contributed by atoms with E-state index in [4.69, 9.17) is 10.6 Å². The molecular weight excluding hydrogens is 218 g/mol. The van der Waals surface area contributed by atoms with Crippen LogP contribution in [-0.4, -0.2) is 25.7 Å². The molecular formula is C12H19N3O2. The van der Waals surface area contributed by atoms with Gasteiger partial charge in [0.25, 0.3) is 5.91 Å². The van der Waals surface area contributed by atoms with E-state index in [0.717, 1.165) is 6.42 Å². The Hall–Kier alpha value is -1.59. The number of hydrazine groups is 1. The predicted octanol–water partition coefficient (Wildman–Crippen LogP) is 1.13. The number of amides is 1. The van der Waals surface area contributed by atoms with Crippen LogP contribution in [0.3, 0.4) is 0 Å². The number of carbonyl (C=O) groups excluding carboxylic acids is 1. The van der Waals surface area contributed by atoms with Crippen LogP contribution in [0.2, 0.25) is 0 Å². The third-order valence-electron chi connectivity index (χ3n) is 2.46. The number of carbonyl (C=O) groups is 1. The highest BCUT2D eigenvalue weighted by Gasteiger charge is 2.12. The van der Waals surface area contributed by atoms with Gasteiger partial charge in [-0.2, -0.15) is 0 Å². The van der Waals surface area contributed by atoms with Crippen molar-refractivity contribution < 1.29 is 9.53 Å². The smallest absolute Gasteiger partial charge is 0.253 e. The maximum atomic E-state index is 12.0. The quantitative estimate of drug-likeness (QED) is 0.512. The normalized spacial score (nSPS) is 11.9. The van der Waals surface area contributed by atoms with Crippen molar-refractivity contribution in [3.63, 3.8) is 0 Å². The van der Waals surface area contributed by atoms with Gasteiger partial charge in [0, 0.05) is 19.8 Å². The summed E-state index contributed by atoms with van der Waals surface area (Å²) >= 11 is 0. The van der Waals surface area contributed by atoms with Crippen LogP contribution >= 0.6 is 0 Å². The summed E-state index contributed by atoms with van der Waals surface area (Å²) in [5, 5.41) is 2.89. The van der Waals surface area contributed by atoms with Crippen molar-refractivity contribution in [2.24, 2.45) is 5.84 Å². The molecule has 1 amide bonds. The van der Waals surface area contributed by atoms with Crippen LogP contribution in [0.25, 0.3) is 0 Å². The lowest BCUT2D eigenvalue weighted by atomic mass is 10.1. The highest BCUT2D eigenvalue weighted by molar-refractivity contribution is 5.99. The molecule has 0 aromatic heterocycles. The first-order valence-corrected chi connectivity index (χ1v) is 5.54. The van der Waals surface area contributed by atoms with Crippen LogP contribution in [0.5, 0.6) is 0 Å². The van der Waals surface area contributed by atoms with E-state index in [1.807, 2.05) is 13.0 Å². The molecule has 0 saturated heterocycles. The van der Waals surface area contributed by atoms with Gasteiger partial charge in [-0.05, 0) is 25.5 Å². The Morgan fingerprint density at radius 1 is 1.47 bits per heavy atom. The summed E-state index contributed by atoms with van der Waals surface area (Å²) in [6.45, 7) is 2.56. The van der Waals surface area contributed by atoms with Gasteiger partial charge in [-0.1, -0.05) is 12.1 Å². The van der Waals surface area contributed by atoms with Crippen LogP contribution < -0.4 is 16.6 Å². The Morgan fingerprint density at radius 3 is 2.82 bits per heavy atom. The Bertz CT molecular complexity index is 369. The van der Waals surface area contributed by atoms with Gasteiger partial charge in [0.05, 0.1) is 11.3 Å². The number of methoxy groups -OCH3 is 1. The number of hydrogen-bond donors (Lipinski definition) is 3. The van der Waals surface area contributed by atoms with E-state index in [1.165, 1.54) is 0 Å². The van der Waals surface area contributed by atoms with Gasteiger partial charge in [-0.15, -0.1) is 0 Å². The molecule has 0 heterocycles. The maximum absolute atomic E-state index is 12.0. The molecule has 4 N–H and O–H groups in total. The number of benzene rings is 1. The summed E-state index contributed by atoms with van der Waals surface area (Å²) in [6, 6.07) is 7.17. The first-order chi connectivity index (χ1) is 8.19. The number of hydrogen-bond acceptors (Lipinski definition) is 4. The molecule has 0 aliphatic rings. The Morgan fingerprint density at radius 2 is 2.18 bits per heavy atom. The van der Waals surface area contributed by atoms with Crippen LogP contribution in [0.15, 0.2) is 24.3 Å². The van der Waals surface area contributed by atoms with Gasteiger partial charge in [0.15, 0.2) is 0 Å². The minimum atomic E-state index is -0.137. The Kier molecular flexibility index (Phi) is 5.45. The van der Waals surface area contributed by atoms with Crippen molar-refractivity contribution in [2.75, 3.05) is 19.1 Å². The van der Waals surface area contributed by atoms with E-state index in [1.54, 1.807) is 25.3 Å². The van der Waals surface area contributed by atoms with Crippen LogP contribution in [0.4, 0.5) is 5.69 Å². The molecule has 1 unspecified atom stereocenters. The standard InChI is InChI=1S/C12H19N3O2/c1-9(7-8-17-2)14-12(16)10-5-3-4-6-11(10)15-13/h3-6,9,15H,7-8,13H2,1-2H3,(H,14,16). The summed E-state index contributed by atoms with van der Waals surface area (Å²) in [4.78, 5) is 12.0. The molecule has 0 aliphatic heterocycles. The lowest BCUT2D eigenvalue weighted by Gasteiger charge is -2.15. The van der Waals surface area contributed by atoms with Crippen molar-refractivity contribution in [1.29, 1.82) is 0 Å². The van der Waals surface area contributed by atoms with E-state index in [-0.39, 0.29) is 11.9 Å². The number of para-hydroxylation sites is 1. The minimum Gasteiger partial charge on any atom is -0.385 e. The third kappa shape index (κ3) is 4.05. The molecule has 1 aromatic carbocycles. The molecule has 0 bridgehead atoms. The van der Waals surface area contributed by atoms with Gasteiger partial charge in [0.2, 0.25) is 0 Å². The van der Waals surface area contributed by atoms with Gasteiger partial charge >= 0.3 is 0 Å². The molecule has 0 saturated carbocycles. The molecule has 1 aromatic rings. The van der Waals surface area contributed by atoms with Gasteiger partial charge in [-0.25, -0.2) is 0 Å². The number of anilines is 1. The first-order valence-electron chi connectivity index (χ1n) is 5.54. The first kappa shape index (κ1) is 13.5. The molecule has 0 aliphatic carbocycles. The van der Waals surface area contributed by atoms with E-state index in [9.17, 15) is 4.79 Å². The summed E-state index contributed by atoms with van der Waals surface area (Å²) in [7, 11) is 1.64. The fourth-order valence-electron chi connectivity index (χ4n) is 1.48. The lowest BCUT2D eigenvalue weighted by molar-refractivity contribution is 0.0930. The van der Waals surface area contributed by atoms with E-state index < -0.39 is 0 Å². The number of nitrogen functional groups attached to an aromatic ring is 1. The van der Waals surface area contributed by atoms with Gasteiger partial charge in [-0.3, -0.25) is 10.6 Å². The number of nitrogens with one attached hydrogen (secondary N) is 2. The topological polar surface area (TPSA) is 76.4 Å². The average Bonchev–Trinajstić information content (AvgIpc) is 2.36. The SMILES string of the molecule is COCCC(C)NC(=O)c1ccccc1NN. The molecule has 17 heavy (non-hydrogen) atoms. The zero-order chi connectivity index (χ0) is 12.7. The van der Waals surface area contributed by atoms with Gasteiger partial charge in [0.1, 0.15) is 0 Å². The second-order valence-corrected chi connectivity index (χ2v) is 3.85. The minimum absolute atomic E-state index is 0.0632. The highest BCUT2D eigenvalue weighted by Crippen LogP contribution is 2.13. The van der Waals surface area contributed by atoms with Crippen molar-refractivity contribution in [3.05, 3.63) is 29.8 Å². The van der Waals surface area contributed by atoms with Crippen molar-refractivity contribution in [2.45, 2.75) is 19.4 Å². The summed E-state index contributed by atoms with van der Waals surface area (Å²) in [6.07, 6.45) is 0.778. The second kappa shape index (κ2) is 6.88. The third-order valence-corrected chi connectivity index (χ3v) is 2.46. The summed E-state index contributed by atoms with van der Waals surface area (Å²) < 4.78 is 4.96. The second-order valence-electron chi connectivity index (χ2n) is 3.85. The lowest BCUT2D eigenvalue weighted by Crippen LogP contribution is -2.34. The molecule has 0 spiro atoms. The molecule has 0 radical (unpaired) electrons. The van der Waals surface area contributed by atoms with E-state index in [2.05, 4.69) is 10.7 Å². The number of rotatable bonds is 6. The Labute approximate surface area is 101 Å². The predicted molar refractivity (Wildman–Crippen MR) is 67.7 cm³/mol. The fraction of sp³-hybridized carbons (Fsp3) is 0.417. The number of ether oxygens (including phenoxy) is 1. The molecule has 94 valence electrons. The largest absolute Gasteiger partial charge is 0.385 e. The van der Waals surface area contributed by atoms with Crippen molar-refractivity contribution in [1.82, 2.24) is 5.32 Å². The zero-order valence-electron chi connectivity index (χ0n) is 10.2. The molecule has 1 atom stereocenters. The zero-order valence-corrected chi connectivity index (χ0v) is 10.2. The molecule has 5 heteroatoms. The monoisotopic (exact) mass is 237 g/mol.